The molecule has 0 aliphatic rings. The van der Waals surface area contributed by atoms with Crippen LogP contribution in [0.2, 0.25) is 5.28 Å². The Labute approximate surface area is 78.5 Å². The van der Waals surface area contributed by atoms with E-state index in [9.17, 15) is 4.79 Å². The standard InChI is InChI=1S/C8H4ClN3O/c9-8-10-4-6-2-1-3-7(11-5-13)12(6)8/h1-4H. The summed E-state index contributed by atoms with van der Waals surface area (Å²) in [4.78, 5) is 17.5. The number of fused-ring (bicyclic) bond motifs is 1. The third kappa shape index (κ3) is 1.22. The molecule has 0 spiro atoms. The summed E-state index contributed by atoms with van der Waals surface area (Å²) in [6, 6.07) is 5.25. The lowest BCUT2D eigenvalue weighted by Gasteiger charge is -1.97. The van der Waals surface area contributed by atoms with Crippen LogP contribution in [0.5, 0.6) is 0 Å². The molecule has 2 rings (SSSR count). The zero-order valence-electron chi connectivity index (χ0n) is 6.44. The highest BCUT2D eigenvalue weighted by Crippen LogP contribution is 2.19. The topological polar surface area (TPSA) is 46.7 Å². The fraction of sp³-hybridized carbons (Fsp3) is 0. The van der Waals surface area contributed by atoms with Gasteiger partial charge in [0.1, 0.15) is 0 Å². The predicted octanol–water partition coefficient (Wildman–Crippen LogP) is 1.95. The van der Waals surface area contributed by atoms with Gasteiger partial charge in [-0.3, -0.25) is 4.40 Å². The SMILES string of the molecule is O=C=Nc1cccc2cnc(Cl)n12. The van der Waals surface area contributed by atoms with E-state index in [4.69, 9.17) is 11.6 Å². The summed E-state index contributed by atoms with van der Waals surface area (Å²) < 4.78 is 1.56. The first-order chi connectivity index (χ1) is 6.33. The lowest BCUT2D eigenvalue weighted by atomic mass is 10.4. The van der Waals surface area contributed by atoms with Crippen LogP contribution in [0.4, 0.5) is 5.82 Å². The van der Waals surface area contributed by atoms with Crippen LogP contribution >= 0.6 is 11.6 Å². The van der Waals surface area contributed by atoms with E-state index in [0.29, 0.717) is 5.82 Å². The van der Waals surface area contributed by atoms with Gasteiger partial charge in [0.05, 0.1) is 11.7 Å². The van der Waals surface area contributed by atoms with Gasteiger partial charge >= 0.3 is 0 Å². The van der Waals surface area contributed by atoms with E-state index in [0.717, 1.165) is 5.52 Å². The van der Waals surface area contributed by atoms with E-state index < -0.39 is 0 Å². The van der Waals surface area contributed by atoms with Gasteiger partial charge in [-0.15, -0.1) is 4.99 Å². The maximum absolute atomic E-state index is 10.1. The predicted molar refractivity (Wildman–Crippen MR) is 48.0 cm³/mol. The van der Waals surface area contributed by atoms with Gasteiger partial charge in [0.25, 0.3) is 0 Å². The molecule has 0 N–H and O–H groups in total. The van der Waals surface area contributed by atoms with E-state index in [2.05, 4.69) is 9.98 Å². The number of rotatable bonds is 1. The summed E-state index contributed by atoms with van der Waals surface area (Å²) in [5, 5.41) is 0.282. The third-order valence-corrected chi connectivity index (χ3v) is 1.91. The van der Waals surface area contributed by atoms with Gasteiger partial charge < -0.3 is 0 Å². The van der Waals surface area contributed by atoms with Crippen molar-refractivity contribution in [3.05, 3.63) is 29.7 Å². The molecule has 0 fully saturated rings. The minimum Gasteiger partial charge on any atom is -0.267 e. The maximum atomic E-state index is 10.1. The number of carbonyl (C=O) groups excluding carboxylic acids is 1. The molecule has 13 heavy (non-hydrogen) atoms. The van der Waals surface area contributed by atoms with E-state index in [1.54, 1.807) is 22.7 Å². The van der Waals surface area contributed by atoms with Gasteiger partial charge in [0, 0.05) is 0 Å². The molecule has 0 unspecified atom stereocenters. The van der Waals surface area contributed by atoms with Crippen molar-refractivity contribution in [2.75, 3.05) is 0 Å². The molecular formula is C8H4ClN3O. The summed E-state index contributed by atoms with van der Waals surface area (Å²) in [7, 11) is 0. The van der Waals surface area contributed by atoms with Crippen molar-refractivity contribution >= 4 is 29.0 Å². The smallest absolute Gasteiger partial charge is 0.242 e. The summed E-state index contributed by atoms with van der Waals surface area (Å²) in [5.41, 5.74) is 0.793. The summed E-state index contributed by atoms with van der Waals surface area (Å²) in [6.07, 6.45) is 3.06. The van der Waals surface area contributed by atoms with E-state index in [1.165, 1.54) is 6.08 Å². The fourth-order valence-corrected chi connectivity index (χ4v) is 1.36. The van der Waals surface area contributed by atoms with E-state index in [1.807, 2.05) is 6.07 Å². The molecule has 0 saturated heterocycles. The Kier molecular flexibility index (Phi) is 1.85. The molecule has 0 amide bonds. The Morgan fingerprint density at radius 2 is 2.38 bits per heavy atom. The van der Waals surface area contributed by atoms with Gasteiger partial charge in [0.2, 0.25) is 11.4 Å². The van der Waals surface area contributed by atoms with Crippen molar-refractivity contribution in [2.45, 2.75) is 0 Å². The number of imidazole rings is 1. The first-order valence-electron chi connectivity index (χ1n) is 3.53. The zero-order chi connectivity index (χ0) is 9.26. The number of pyridine rings is 1. The van der Waals surface area contributed by atoms with Crippen LogP contribution in [-0.2, 0) is 4.79 Å². The monoisotopic (exact) mass is 193 g/mol. The minimum atomic E-state index is 0.282. The third-order valence-electron chi connectivity index (χ3n) is 1.65. The average molecular weight is 194 g/mol. The highest BCUT2D eigenvalue weighted by Gasteiger charge is 2.03. The quantitative estimate of drug-likeness (QED) is 0.513. The molecule has 0 saturated carbocycles. The second-order valence-electron chi connectivity index (χ2n) is 2.37. The number of isocyanates is 1. The van der Waals surface area contributed by atoms with Gasteiger partial charge in [-0.1, -0.05) is 6.07 Å². The number of halogens is 1. The molecule has 2 aromatic rings. The van der Waals surface area contributed by atoms with Crippen molar-refractivity contribution in [3.63, 3.8) is 0 Å². The molecule has 0 aliphatic carbocycles. The molecule has 5 heteroatoms. The van der Waals surface area contributed by atoms with Crippen LogP contribution in [0.1, 0.15) is 0 Å². The zero-order valence-corrected chi connectivity index (χ0v) is 7.19. The van der Waals surface area contributed by atoms with Crippen LogP contribution in [-0.4, -0.2) is 15.5 Å². The fourth-order valence-electron chi connectivity index (χ4n) is 1.13. The molecule has 0 aromatic carbocycles. The Hall–Kier alpha value is -1.64. The first kappa shape index (κ1) is 7.98. The van der Waals surface area contributed by atoms with Gasteiger partial charge in [-0.25, -0.2) is 9.78 Å². The molecule has 0 atom stereocenters. The number of hydrogen-bond acceptors (Lipinski definition) is 3. The molecule has 0 bridgehead atoms. The van der Waals surface area contributed by atoms with Crippen LogP contribution in [0.15, 0.2) is 29.4 Å². The van der Waals surface area contributed by atoms with Crippen LogP contribution in [0, 0.1) is 0 Å². The normalized spacial score (nSPS) is 9.92. The van der Waals surface area contributed by atoms with Crippen molar-refractivity contribution in [2.24, 2.45) is 4.99 Å². The number of nitrogens with zero attached hydrogens (tertiary/aromatic N) is 3. The summed E-state index contributed by atoms with van der Waals surface area (Å²) in [5.74, 6) is 0.426. The summed E-state index contributed by atoms with van der Waals surface area (Å²) in [6.45, 7) is 0. The number of aromatic nitrogens is 2. The Balaban J connectivity index is 2.87. The largest absolute Gasteiger partial charge is 0.267 e. The molecule has 0 radical (unpaired) electrons. The van der Waals surface area contributed by atoms with Gasteiger partial charge in [-0.2, -0.15) is 0 Å². The van der Waals surface area contributed by atoms with E-state index >= 15 is 0 Å². The van der Waals surface area contributed by atoms with Crippen molar-refractivity contribution < 1.29 is 4.79 Å². The second-order valence-corrected chi connectivity index (χ2v) is 2.71. The van der Waals surface area contributed by atoms with Crippen LogP contribution < -0.4 is 0 Å². The highest BCUT2D eigenvalue weighted by molar-refractivity contribution is 6.28. The van der Waals surface area contributed by atoms with Crippen molar-refractivity contribution in [1.82, 2.24) is 9.38 Å². The molecule has 2 heterocycles. The average Bonchev–Trinajstić information content (AvgIpc) is 2.50. The number of aliphatic imine (C=N–C) groups is 1. The molecule has 4 nitrogen and oxygen atoms in total. The Morgan fingerprint density at radius 3 is 3.15 bits per heavy atom. The number of hydrogen-bond donors (Lipinski definition) is 0. The lowest BCUT2D eigenvalue weighted by Crippen LogP contribution is -1.84. The first-order valence-corrected chi connectivity index (χ1v) is 3.90. The van der Waals surface area contributed by atoms with Crippen LogP contribution in [0.25, 0.3) is 5.52 Å². The minimum absolute atomic E-state index is 0.282. The molecule has 64 valence electrons. The van der Waals surface area contributed by atoms with Crippen LogP contribution in [0.3, 0.4) is 0 Å². The maximum Gasteiger partial charge on any atom is 0.242 e. The van der Waals surface area contributed by atoms with Gasteiger partial charge in [-0.05, 0) is 23.7 Å². The molecular weight excluding hydrogens is 190 g/mol. The van der Waals surface area contributed by atoms with Crippen molar-refractivity contribution in [3.8, 4) is 0 Å². The lowest BCUT2D eigenvalue weighted by molar-refractivity contribution is 0.565. The summed E-state index contributed by atoms with van der Waals surface area (Å²) >= 11 is 5.78. The van der Waals surface area contributed by atoms with E-state index in [-0.39, 0.29) is 5.28 Å². The molecule has 0 aliphatic heterocycles. The Bertz CT molecular complexity index is 499. The van der Waals surface area contributed by atoms with Crippen molar-refractivity contribution in [1.29, 1.82) is 0 Å². The molecule has 2 aromatic heterocycles. The van der Waals surface area contributed by atoms with Gasteiger partial charge in [0.15, 0.2) is 5.82 Å². The second kappa shape index (κ2) is 3.01. The highest BCUT2D eigenvalue weighted by atomic mass is 35.5. The Morgan fingerprint density at radius 1 is 1.54 bits per heavy atom.